The van der Waals surface area contributed by atoms with Crippen LogP contribution < -0.4 is 5.56 Å². The summed E-state index contributed by atoms with van der Waals surface area (Å²) in [6.07, 6.45) is 8.26. The Morgan fingerprint density at radius 3 is 2.84 bits per heavy atom. The lowest BCUT2D eigenvalue weighted by molar-refractivity contribution is 0.457. The quantitative estimate of drug-likeness (QED) is 0.563. The van der Waals surface area contributed by atoms with E-state index in [0.717, 1.165) is 34.4 Å². The van der Waals surface area contributed by atoms with Gasteiger partial charge >= 0.3 is 0 Å². The topological polar surface area (TPSA) is 52.7 Å². The highest BCUT2D eigenvalue weighted by molar-refractivity contribution is 7.09. The molecule has 0 saturated heterocycles. The van der Waals surface area contributed by atoms with Crippen LogP contribution in [0.15, 0.2) is 46.8 Å². The van der Waals surface area contributed by atoms with Crippen LogP contribution in [0.5, 0.6) is 0 Å². The third-order valence-electron chi connectivity index (χ3n) is 5.11. The minimum absolute atomic E-state index is 0.0422. The predicted molar refractivity (Wildman–Crippen MR) is 99.3 cm³/mol. The second-order valence-corrected chi connectivity index (χ2v) is 7.63. The largest absolute Gasteiger partial charge is 0.340 e. The summed E-state index contributed by atoms with van der Waals surface area (Å²) in [4.78, 5) is 17.4. The maximum absolute atomic E-state index is 13.0. The predicted octanol–water partition coefficient (Wildman–Crippen LogP) is 3.92. The average Bonchev–Trinajstić information content (AvgIpc) is 3.38. The van der Waals surface area contributed by atoms with Gasteiger partial charge in [0.05, 0.1) is 23.7 Å². The molecule has 2 aliphatic heterocycles. The highest BCUT2D eigenvalue weighted by Crippen LogP contribution is 2.32. The fourth-order valence-electron chi connectivity index (χ4n) is 3.90. The van der Waals surface area contributed by atoms with Crippen molar-refractivity contribution in [2.45, 2.75) is 38.3 Å². The summed E-state index contributed by atoms with van der Waals surface area (Å²) in [5.74, 6) is 0. The molecule has 0 atom stereocenters. The molecule has 3 heterocycles. The van der Waals surface area contributed by atoms with E-state index in [0.29, 0.717) is 12.1 Å². The van der Waals surface area contributed by atoms with Crippen LogP contribution in [-0.2, 0) is 6.54 Å². The Morgan fingerprint density at radius 2 is 2.04 bits per heavy atom. The molecule has 0 spiro atoms. The highest BCUT2D eigenvalue weighted by Gasteiger charge is 2.26. The Kier molecular flexibility index (Phi) is 3.45. The lowest BCUT2D eigenvalue weighted by Crippen LogP contribution is -2.20. The van der Waals surface area contributed by atoms with E-state index in [-0.39, 0.29) is 11.6 Å². The maximum atomic E-state index is 13.0. The van der Waals surface area contributed by atoms with Crippen LogP contribution in [0.2, 0.25) is 0 Å². The van der Waals surface area contributed by atoms with E-state index < -0.39 is 0 Å². The number of thiazole rings is 1. The van der Waals surface area contributed by atoms with Gasteiger partial charge < -0.3 is 4.57 Å². The van der Waals surface area contributed by atoms with Gasteiger partial charge in [0.15, 0.2) is 0 Å². The summed E-state index contributed by atoms with van der Waals surface area (Å²) in [6, 6.07) is 8.43. The zero-order valence-electron chi connectivity index (χ0n) is 13.8. The Bertz CT molecular complexity index is 1060. The third kappa shape index (κ3) is 2.40. The molecule has 1 fully saturated rings. The van der Waals surface area contributed by atoms with Crippen LogP contribution in [0, 0.1) is 0 Å². The number of rotatable bonds is 3. The molecule has 1 aromatic heterocycles. The van der Waals surface area contributed by atoms with Crippen LogP contribution in [0.25, 0.3) is 22.2 Å². The number of pyridine rings is 1. The smallest absolute Gasteiger partial charge is 0.278 e. The number of fused-ring (bicyclic) bond motifs is 3. The number of benzene rings is 1. The summed E-state index contributed by atoms with van der Waals surface area (Å²) >= 11 is 1.63. The Hall–Kier alpha value is -2.47. The van der Waals surface area contributed by atoms with Gasteiger partial charge in [-0.25, -0.2) is 9.67 Å². The van der Waals surface area contributed by atoms with Gasteiger partial charge in [-0.3, -0.25) is 4.79 Å². The Morgan fingerprint density at radius 1 is 1.20 bits per heavy atom. The number of hydrogen-bond donors (Lipinski definition) is 0. The van der Waals surface area contributed by atoms with Crippen LogP contribution in [0.4, 0.5) is 0 Å². The molecule has 0 unspecified atom stereocenters. The van der Waals surface area contributed by atoms with E-state index >= 15 is 0 Å². The molecule has 0 N–H and O–H groups in total. The molecule has 1 saturated carbocycles. The summed E-state index contributed by atoms with van der Waals surface area (Å²) in [5, 5.41) is 8.78. The average molecular weight is 350 g/mol. The second kappa shape index (κ2) is 5.81. The molecule has 126 valence electrons. The van der Waals surface area contributed by atoms with Crippen molar-refractivity contribution in [1.29, 1.82) is 0 Å². The molecule has 25 heavy (non-hydrogen) atoms. The molecular formula is C19H18N4OS. The van der Waals surface area contributed by atoms with Gasteiger partial charge in [0.1, 0.15) is 10.7 Å². The Balaban J connectivity index is 1.75. The van der Waals surface area contributed by atoms with Crippen molar-refractivity contribution >= 4 is 22.2 Å². The number of para-hydroxylation sites is 1. The second-order valence-electron chi connectivity index (χ2n) is 6.65. The van der Waals surface area contributed by atoms with Crippen LogP contribution >= 0.6 is 11.3 Å². The highest BCUT2D eigenvalue weighted by atomic mass is 32.1. The van der Waals surface area contributed by atoms with Crippen LogP contribution in [0.3, 0.4) is 0 Å². The van der Waals surface area contributed by atoms with Gasteiger partial charge in [0.25, 0.3) is 5.56 Å². The number of aromatic nitrogens is 4. The monoisotopic (exact) mass is 350 g/mol. The first-order valence-electron chi connectivity index (χ1n) is 8.70. The summed E-state index contributed by atoms with van der Waals surface area (Å²) in [6.45, 7) is 0.669. The van der Waals surface area contributed by atoms with Crippen molar-refractivity contribution in [1.82, 2.24) is 19.3 Å². The molecule has 0 radical (unpaired) electrons. The number of nitrogens with zero attached hydrogens (tertiary/aromatic N) is 4. The normalized spacial score (nSPS) is 15.5. The van der Waals surface area contributed by atoms with E-state index in [1.54, 1.807) is 16.0 Å². The van der Waals surface area contributed by atoms with Gasteiger partial charge in [-0.2, -0.15) is 5.10 Å². The lowest BCUT2D eigenvalue weighted by Gasteiger charge is -2.12. The zero-order chi connectivity index (χ0) is 16.8. The molecule has 3 aliphatic rings. The molecule has 6 heteroatoms. The molecular weight excluding hydrogens is 332 g/mol. The summed E-state index contributed by atoms with van der Waals surface area (Å²) in [5.41, 5.74) is 2.66. The first-order chi connectivity index (χ1) is 12.3. The Labute approximate surface area is 148 Å². The van der Waals surface area contributed by atoms with Crippen molar-refractivity contribution < 1.29 is 0 Å². The van der Waals surface area contributed by atoms with Gasteiger partial charge in [0, 0.05) is 23.2 Å². The third-order valence-corrected chi connectivity index (χ3v) is 5.88. The summed E-state index contributed by atoms with van der Waals surface area (Å²) in [7, 11) is 0. The first-order valence-corrected chi connectivity index (χ1v) is 9.58. The van der Waals surface area contributed by atoms with Crippen molar-refractivity contribution in [2.24, 2.45) is 0 Å². The molecule has 0 amide bonds. The van der Waals surface area contributed by atoms with Crippen molar-refractivity contribution in [3.63, 3.8) is 0 Å². The molecule has 1 aliphatic carbocycles. The van der Waals surface area contributed by atoms with E-state index in [4.69, 9.17) is 5.10 Å². The van der Waals surface area contributed by atoms with Crippen molar-refractivity contribution in [3.8, 4) is 11.3 Å². The molecule has 1 aromatic carbocycles. The molecule has 0 bridgehead atoms. The minimum Gasteiger partial charge on any atom is -0.340 e. The molecule has 2 aromatic rings. The molecule has 5 nitrogen and oxygen atoms in total. The lowest BCUT2D eigenvalue weighted by atomic mass is 10.1. The van der Waals surface area contributed by atoms with E-state index in [1.165, 1.54) is 12.8 Å². The SMILES string of the molecule is O=c1c2cn(Cc3nccs3)c3ccccc3c-2nn1C1CCCC1. The van der Waals surface area contributed by atoms with Gasteiger partial charge in [-0.1, -0.05) is 31.0 Å². The fraction of sp³-hybridized carbons (Fsp3) is 0.316. The van der Waals surface area contributed by atoms with Crippen molar-refractivity contribution in [3.05, 3.63) is 57.4 Å². The van der Waals surface area contributed by atoms with Crippen molar-refractivity contribution in [2.75, 3.05) is 0 Å². The van der Waals surface area contributed by atoms with E-state index in [2.05, 4.69) is 21.7 Å². The standard InChI is InChI=1S/C19H18N4OS/c24-19-15-11-22(12-17-20-9-10-25-17)16-8-4-3-7-14(16)18(15)21-23(19)13-5-1-2-6-13/h3-4,7-11,13H,1-2,5-6,12H2. The zero-order valence-corrected chi connectivity index (χ0v) is 14.6. The van der Waals surface area contributed by atoms with Crippen LogP contribution in [-0.4, -0.2) is 19.3 Å². The summed E-state index contributed by atoms with van der Waals surface area (Å²) < 4.78 is 3.86. The van der Waals surface area contributed by atoms with Gasteiger partial charge in [-0.15, -0.1) is 11.3 Å². The fourth-order valence-corrected chi connectivity index (χ4v) is 4.51. The van der Waals surface area contributed by atoms with Gasteiger partial charge in [-0.05, 0) is 18.9 Å². The van der Waals surface area contributed by atoms with E-state index in [9.17, 15) is 4.79 Å². The maximum Gasteiger partial charge on any atom is 0.278 e. The van der Waals surface area contributed by atoms with E-state index in [1.807, 2.05) is 29.9 Å². The van der Waals surface area contributed by atoms with Gasteiger partial charge in [0.2, 0.25) is 0 Å². The number of hydrogen-bond acceptors (Lipinski definition) is 4. The minimum atomic E-state index is 0.0422. The first kappa shape index (κ1) is 14.8. The van der Waals surface area contributed by atoms with Crippen LogP contribution in [0.1, 0.15) is 36.7 Å². The molecule has 5 rings (SSSR count).